The van der Waals surface area contributed by atoms with Crippen molar-refractivity contribution >= 4 is 11.9 Å². The summed E-state index contributed by atoms with van der Waals surface area (Å²) in [5.74, 6) is -0.448. The number of benzene rings is 1. The Balaban J connectivity index is 2.07. The predicted molar refractivity (Wildman–Crippen MR) is 80.0 cm³/mol. The fraction of sp³-hybridized carbons (Fsp3) is 0.267. The number of methoxy groups -OCH3 is 1. The molecule has 0 unspecified atom stereocenters. The lowest BCUT2D eigenvalue weighted by Crippen LogP contribution is -2.16. The van der Waals surface area contributed by atoms with Crippen molar-refractivity contribution in [2.45, 2.75) is 13.5 Å². The van der Waals surface area contributed by atoms with E-state index in [1.165, 1.54) is 0 Å². The fourth-order valence-corrected chi connectivity index (χ4v) is 1.74. The van der Waals surface area contributed by atoms with Gasteiger partial charge in [-0.05, 0) is 13.0 Å². The lowest BCUT2D eigenvalue weighted by Gasteiger charge is -2.10. The zero-order valence-corrected chi connectivity index (χ0v) is 12.7. The number of nitrogens with one attached hydrogen (secondary N) is 1. The third-order valence-corrected chi connectivity index (χ3v) is 2.77. The van der Waals surface area contributed by atoms with Crippen molar-refractivity contribution < 1.29 is 23.4 Å². The maximum absolute atomic E-state index is 13.6. The first-order valence-electron chi connectivity index (χ1n) is 6.85. The summed E-state index contributed by atoms with van der Waals surface area (Å²) in [5.41, 5.74) is 0.780. The van der Waals surface area contributed by atoms with Gasteiger partial charge in [0, 0.05) is 5.56 Å². The van der Waals surface area contributed by atoms with Crippen LogP contribution in [0.5, 0.6) is 11.8 Å². The maximum Gasteiger partial charge on any atom is 0.412 e. The van der Waals surface area contributed by atoms with Gasteiger partial charge in [-0.2, -0.15) is 4.98 Å². The van der Waals surface area contributed by atoms with E-state index in [0.717, 1.165) is 11.8 Å². The van der Waals surface area contributed by atoms with Crippen molar-refractivity contribution in [3.63, 3.8) is 0 Å². The van der Waals surface area contributed by atoms with Crippen molar-refractivity contribution in [2.75, 3.05) is 19.0 Å². The average Bonchev–Trinajstić information content (AvgIpc) is 2.56. The van der Waals surface area contributed by atoms with Crippen LogP contribution >= 0.6 is 0 Å². The van der Waals surface area contributed by atoms with Crippen LogP contribution in [0, 0.1) is 5.82 Å². The van der Waals surface area contributed by atoms with Crippen LogP contribution in [0.25, 0.3) is 0 Å². The van der Waals surface area contributed by atoms with Gasteiger partial charge in [-0.3, -0.25) is 5.32 Å². The third kappa shape index (κ3) is 4.53. The molecule has 0 atom stereocenters. The summed E-state index contributed by atoms with van der Waals surface area (Å²) in [5, 5.41) is 2.18. The Bertz CT molecular complexity index is 682. The van der Waals surface area contributed by atoms with E-state index in [-0.39, 0.29) is 25.0 Å². The molecule has 7 nitrogen and oxygen atoms in total. The van der Waals surface area contributed by atoms with E-state index in [9.17, 15) is 9.18 Å². The van der Waals surface area contributed by atoms with E-state index in [4.69, 9.17) is 9.47 Å². The van der Waals surface area contributed by atoms with Crippen LogP contribution in [0.3, 0.4) is 0 Å². The minimum atomic E-state index is -0.805. The Hall–Kier alpha value is -2.90. The topological polar surface area (TPSA) is 82.6 Å². The highest BCUT2D eigenvalue weighted by molar-refractivity contribution is 5.83. The number of aromatic nitrogens is 2. The summed E-state index contributed by atoms with van der Waals surface area (Å²) in [4.78, 5) is 18.8. The zero-order chi connectivity index (χ0) is 16.7. The molecule has 1 N–H and O–H groups in total. The van der Waals surface area contributed by atoms with Gasteiger partial charge >= 0.3 is 12.1 Å². The number of para-hydroxylation sites is 1. The SMILES string of the molecule is CCOC(=O)Nc1nc(OCc2ccccc2OC)ncc1F. The van der Waals surface area contributed by atoms with Gasteiger partial charge in [-0.25, -0.2) is 14.2 Å². The van der Waals surface area contributed by atoms with Crippen LogP contribution in [0.15, 0.2) is 30.5 Å². The lowest BCUT2D eigenvalue weighted by molar-refractivity contribution is 0.167. The fourth-order valence-electron chi connectivity index (χ4n) is 1.74. The maximum atomic E-state index is 13.6. The molecule has 0 spiro atoms. The molecule has 0 aliphatic rings. The summed E-state index contributed by atoms with van der Waals surface area (Å²) in [6, 6.07) is 7.19. The lowest BCUT2D eigenvalue weighted by atomic mass is 10.2. The van der Waals surface area contributed by atoms with E-state index in [0.29, 0.717) is 5.75 Å². The molecule has 0 saturated heterocycles. The van der Waals surface area contributed by atoms with E-state index < -0.39 is 11.9 Å². The molecule has 1 aromatic carbocycles. The summed E-state index contributed by atoms with van der Waals surface area (Å²) in [6.07, 6.45) is 0.104. The monoisotopic (exact) mass is 321 g/mol. The van der Waals surface area contributed by atoms with Crippen LogP contribution in [0.1, 0.15) is 12.5 Å². The minimum Gasteiger partial charge on any atom is -0.496 e. The molecular formula is C15H16FN3O4. The standard InChI is InChI=1S/C15H16FN3O4/c1-3-22-15(20)19-13-11(16)8-17-14(18-13)23-9-10-6-4-5-7-12(10)21-2/h4-8H,3,9H2,1-2H3,(H,17,18,19,20). The van der Waals surface area contributed by atoms with Crippen LogP contribution < -0.4 is 14.8 Å². The Morgan fingerprint density at radius 1 is 1.35 bits per heavy atom. The van der Waals surface area contributed by atoms with Crippen molar-refractivity contribution in [3.05, 3.63) is 41.8 Å². The van der Waals surface area contributed by atoms with Gasteiger partial charge < -0.3 is 14.2 Å². The van der Waals surface area contributed by atoms with E-state index in [1.807, 2.05) is 18.2 Å². The Labute approximate surface area is 132 Å². The van der Waals surface area contributed by atoms with Gasteiger partial charge in [0.05, 0.1) is 19.9 Å². The number of carbonyl (C=O) groups is 1. The van der Waals surface area contributed by atoms with Crippen LogP contribution in [0.4, 0.5) is 15.0 Å². The number of halogens is 1. The molecule has 0 bridgehead atoms. The molecule has 0 saturated carbocycles. The average molecular weight is 321 g/mol. The third-order valence-electron chi connectivity index (χ3n) is 2.77. The quantitative estimate of drug-likeness (QED) is 0.881. The Morgan fingerprint density at radius 2 is 2.13 bits per heavy atom. The zero-order valence-electron chi connectivity index (χ0n) is 12.7. The second kappa shape index (κ2) is 7.92. The van der Waals surface area contributed by atoms with E-state index in [2.05, 4.69) is 20.0 Å². The summed E-state index contributed by atoms with van der Waals surface area (Å²) in [7, 11) is 1.55. The van der Waals surface area contributed by atoms with Gasteiger partial charge in [0.25, 0.3) is 0 Å². The molecule has 1 amide bonds. The molecule has 0 aliphatic heterocycles. The molecule has 0 aliphatic carbocycles. The van der Waals surface area contributed by atoms with Crippen molar-refractivity contribution in [3.8, 4) is 11.8 Å². The Morgan fingerprint density at radius 3 is 2.87 bits per heavy atom. The largest absolute Gasteiger partial charge is 0.496 e. The Kier molecular flexibility index (Phi) is 5.67. The molecule has 0 radical (unpaired) electrons. The molecule has 2 rings (SSSR count). The van der Waals surface area contributed by atoms with E-state index in [1.54, 1.807) is 20.1 Å². The first-order valence-corrected chi connectivity index (χ1v) is 6.85. The smallest absolute Gasteiger partial charge is 0.412 e. The van der Waals surface area contributed by atoms with Gasteiger partial charge in [0.15, 0.2) is 11.6 Å². The van der Waals surface area contributed by atoms with Gasteiger partial charge in [-0.15, -0.1) is 0 Å². The summed E-state index contributed by atoms with van der Waals surface area (Å²) >= 11 is 0. The van der Waals surface area contributed by atoms with Crippen LogP contribution in [-0.4, -0.2) is 29.8 Å². The second-order valence-corrected chi connectivity index (χ2v) is 4.30. The molecule has 122 valence electrons. The number of amides is 1. The first-order chi connectivity index (χ1) is 11.1. The van der Waals surface area contributed by atoms with E-state index >= 15 is 0 Å². The number of hydrogen-bond acceptors (Lipinski definition) is 6. The first kappa shape index (κ1) is 16.5. The van der Waals surface area contributed by atoms with Crippen LogP contribution in [0.2, 0.25) is 0 Å². The second-order valence-electron chi connectivity index (χ2n) is 4.30. The summed E-state index contributed by atoms with van der Waals surface area (Å²) < 4.78 is 28.9. The summed E-state index contributed by atoms with van der Waals surface area (Å²) in [6.45, 7) is 1.93. The van der Waals surface area contributed by atoms with Crippen molar-refractivity contribution in [1.29, 1.82) is 0 Å². The highest BCUT2D eigenvalue weighted by atomic mass is 19.1. The van der Waals surface area contributed by atoms with Gasteiger partial charge in [0.1, 0.15) is 12.4 Å². The molecule has 2 aromatic rings. The highest BCUT2D eigenvalue weighted by Crippen LogP contribution is 2.20. The number of hydrogen-bond donors (Lipinski definition) is 1. The number of nitrogens with zero attached hydrogens (tertiary/aromatic N) is 2. The molecule has 0 fully saturated rings. The van der Waals surface area contributed by atoms with Gasteiger partial charge in [-0.1, -0.05) is 18.2 Å². The molecule has 1 heterocycles. The van der Waals surface area contributed by atoms with Gasteiger partial charge in [0.2, 0.25) is 0 Å². The molecule has 23 heavy (non-hydrogen) atoms. The minimum absolute atomic E-state index is 0.0795. The number of ether oxygens (including phenoxy) is 3. The number of carbonyl (C=O) groups excluding carboxylic acids is 1. The molecule has 1 aromatic heterocycles. The predicted octanol–water partition coefficient (Wildman–Crippen LogP) is 2.77. The number of rotatable bonds is 6. The molecule has 8 heteroatoms. The highest BCUT2D eigenvalue weighted by Gasteiger charge is 2.12. The number of anilines is 1. The van der Waals surface area contributed by atoms with Crippen LogP contribution in [-0.2, 0) is 11.3 Å². The van der Waals surface area contributed by atoms with Crippen molar-refractivity contribution in [2.24, 2.45) is 0 Å². The molecular weight excluding hydrogens is 305 g/mol. The van der Waals surface area contributed by atoms with Crippen molar-refractivity contribution in [1.82, 2.24) is 9.97 Å². The normalized spacial score (nSPS) is 10.0.